The highest BCUT2D eigenvalue weighted by Gasteiger charge is 2.54. The minimum absolute atomic E-state index is 0.162. The number of aromatic nitrogens is 1. The number of amides is 2. The zero-order valence-electron chi connectivity index (χ0n) is 14.5. The van der Waals surface area contributed by atoms with Crippen LogP contribution in [0.2, 0.25) is 0 Å². The summed E-state index contributed by atoms with van der Waals surface area (Å²) in [5, 5.41) is 16.9. The number of fused-ring (bicyclic) bond motifs is 1. The first-order valence-corrected chi connectivity index (χ1v) is 10.2. The molecule has 2 amide bonds. The van der Waals surface area contributed by atoms with Gasteiger partial charge in [0.2, 0.25) is 0 Å². The van der Waals surface area contributed by atoms with Gasteiger partial charge in [-0.15, -0.1) is 11.8 Å². The van der Waals surface area contributed by atoms with Gasteiger partial charge in [0.05, 0.1) is 11.4 Å². The van der Waals surface area contributed by atoms with E-state index >= 15 is 0 Å². The molecule has 3 rings (SSSR count). The van der Waals surface area contributed by atoms with E-state index in [2.05, 4.69) is 31.5 Å². The van der Waals surface area contributed by atoms with Crippen molar-refractivity contribution < 1.29 is 23.7 Å². The normalized spacial score (nSPS) is 21.0. The zero-order valence-corrected chi connectivity index (χ0v) is 16.1. The van der Waals surface area contributed by atoms with Gasteiger partial charge in [-0.3, -0.25) is 19.5 Å². The minimum atomic E-state index is -1.73. The number of hydrogen-bond donors (Lipinski definition) is 2. The number of hydrogen-bond acceptors (Lipinski definition) is 7. The van der Waals surface area contributed by atoms with E-state index in [-0.39, 0.29) is 18.0 Å². The molecule has 3 atom stereocenters. The number of rotatable bonds is 5. The van der Waals surface area contributed by atoms with Crippen LogP contribution in [0.15, 0.2) is 45.8 Å². The van der Waals surface area contributed by atoms with E-state index in [0.29, 0.717) is 10.5 Å². The van der Waals surface area contributed by atoms with Crippen molar-refractivity contribution in [3.05, 3.63) is 46.2 Å². The van der Waals surface area contributed by atoms with Gasteiger partial charge in [0.1, 0.15) is 27.9 Å². The van der Waals surface area contributed by atoms with Crippen molar-refractivity contribution in [1.29, 1.82) is 0 Å². The lowest BCUT2D eigenvalue weighted by atomic mass is 10.0. The molecule has 0 saturated carbocycles. The Balaban J connectivity index is 1.69. The molecular formula is C16H12N6O5S2. The van der Waals surface area contributed by atoms with Crippen molar-refractivity contribution in [2.75, 3.05) is 12.3 Å². The SMILES string of the molecule is [N-]=[N+]=NCC1=C(C(=O)O)N2C(=O)C(NC(=O)C#CS(=O)c3ccncc3)[C@H]2SC1. The average molecular weight is 432 g/mol. The largest absolute Gasteiger partial charge is 0.477 e. The third-order valence-electron chi connectivity index (χ3n) is 3.98. The first-order valence-electron chi connectivity index (χ1n) is 7.99. The van der Waals surface area contributed by atoms with Crippen LogP contribution in [0.1, 0.15) is 0 Å². The molecule has 0 radical (unpaired) electrons. The molecule has 3 heterocycles. The molecule has 0 bridgehead atoms. The summed E-state index contributed by atoms with van der Waals surface area (Å²) in [6.45, 7) is -0.162. The van der Waals surface area contributed by atoms with Crippen LogP contribution in [0.25, 0.3) is 10.4 Å². The van der Waals surface area contributed by atoms with Crippen molar-refractivity contribution in [3.63, 3.8) is 0 Å². The number of carboxylic acids is 1. The van der Waals surface area contributed by atoms with Gasteiger partial charge in [-0.05, 0) is 23.2 Å². The Kier molecular flexibility index (Phi) is 6.18. The van der Waals surface area contributed by atoms with E-state index in [0.717, 1.165) is 4.90 Å². The smallest absolute Gasteiger partial charge is 0.352 e. The second-order valence-corrected chi connectivity index (χ2v) is 8.00. The van der Waals surface area contributed by atoms with Crippen LogP contribution in [-0.4, -0.2) is 60.7 Å². The van der Waals surface area contributed by atoms with Gasteiger partial charge in [-0.2, -0.15) is 0 Å². The molecule has 148 valence electrons. The van der Waals surface area contributed by atoms with E-state index in [4.69, 9.17) is 5.53 Å². The zero-order chi connectivity index (χ0) is 21.0. The third kappa shape index (κ3) is 4.24. The van der Waals surface area contributed by atoms with Crippen molar-refractivity contribution in [3.8, 4) is 11.2 Å². The number of thioether (sulfide) groups is 1. The Bertz CT molecular complexity index is 1040. The van der Waals surface area contributed by atoms with E-state index in [1.54, 1.807) is 0 Å². The van der Waals surface area contributed by atoms with Gasteiger partial charge in [0, 0.05) is 34.2 Å². The predicted octanol–water partition coefficient (Wildman–Crippen LogP) is 0.199. The Morgan fingerprint density at radius 1 is 1.48 bits per heavy atom. The Hall–Kier alpha value is -3.33. The first-order chi connectivity index (χ1) is 13.9. The highest BCUT2D eigenvalue weighted by atomic mass is 32.2. The number of pyridine rings is 1. The monoisotopic (exact) mass is 432 g/mol. The van der Waals surface area contributed by atoms with Crippen LogP contribution in [0.5, 0.6) is 0 Å². The highest BCUT2D eigenvalue weighted by molar-refractivity contribution is 8.00. The van der Waals surface area contributed by atoms with Gasteiger partial charge in [0.25, 0.3) is 11.8 Å². The van der Waals surface area contributed by atoms with Crippen LogP contribution in [-0.2, 0) is 25.2 Å². The van der Waals surface area contributed by atoms with E-state index in [1.807, 2.05) is 0 Å². The van der Waals surface area contributed by atoms with Crippen molar-refractivity contribution in [2.24, 2.45) is 5.11 Å². The Morgan fingerprint density at radius 3 is 2.86 bits per heavy atom. The minimum Gasteiger partial charge on any atom is -0.477 e. The number of carbonyl (C=O) groups excluding carboxylic acids is 2. The molecule has 1 fully saturated rings. The number of carbonyl (C=O) groups is 3. The summed E-state index contributed by atoms with van der Waals surface area (Å²) >= 11 is 1.24. The van der Waals surface area contributed by atoms with Crippen LogP contribution >= 0.6 is 11.8 Å². The van der Waals surface area contributed by atoms with Gasteiger partial charge in [0.15, 0.2) is 0 Å². The van der Waals surface area contributed by atoms with Crippen molar-refractivity contribution in [2.45, 2.75) is 16.3 Å². The van der Waals surface area contributed by atoms with Gasteiger partial charge in [-0.1, -0.05) is 5.11 Å². The Labute approximate surface area is 170 Å². The first kappa shape index (κ1) is 20.4. The molecule has 11 nitrogen and oxygen atoms in total. The molecule has 0 aliphatic carbocycles. The number of carboxylic acid groups (broad SMARTS) is 1. The van der Waals surface area contributed by atoms with Gasteiger partial charge < -0.3 is 10.4 Å². The number of β-lactam (4-membered cyclic amide) rings is 1. The summed E-state index contributed by atoms with van der Waals surface area (Å²) in [5.74, 6) is -0.305. The van der Waals surface area contributed by atoms with Crippen LogP contribution in [0.4, 0.5) is 0 Å². The quantitative estimate of drug-likeness (QED) is 0.220. The molecule has 1 aromatic rings. The Morgan fingerprint density at radius 2 is 2.21 bits per heavy atom. The lowest BCUT2D eigenvalue weighted by Crippen LogP contribution is -2.70. The highest BCUT2D eigenvalue weighted by Crippen LogP contribution is 2.40. The van der Waals surface area contributed by atoms with Gasteiger partial charge in [-0.25, -0.2) is 9.00 Å². The van der Waals surface area contributed by atoms with Gasteiger partial charge >= 0.3 is 5.97 Å². The number of aliphatic carboxylic acids is 1. The second-order valence-electron chi connectivity index (χ2n) is 5.69. The maximum atomic E-state index is 12.4. The van der Waals surface area contributed by atoms with E-state index in [1.165, 1.54) is 36.3 Å². The predicted molar refractivity (Wildman–Crippen MR) is 102 cm³/mol. The van der Waals surface area contributed by atoms with Crippen molar-refractivity contribution >= 4 is 40.3 Å². The number of azide groups is 1. The summed E-state index contributed by atoms with van der Waals surface area (Å²) in [6, 6.07) is 2.05. The molecule has 29 heavy (non-hydrogen) atoms. The maximum absolute atomic E-state index is 12.4. The lowest BCUT2D eigenvalue weighted by molar-refractivity contribution is -0.150. The standard InChI is InChI=1S/C16H12N6O5S2/c17-21-19-7-9-8-28-15-12(14(24)22(15)13(9)16(25)26)20-11(23)3-6-29(27)10-1-4-18-5-2-10/h1-2,4-5,12,15H,7-8H2,(H,20,23)(H,25,26)/t12?,15-,29?/m1/s1. The molecule has 13 heteroatoms. The van der Waals surface area contributed by atoms with E-state index in [9.17, 15) is 23.7 Å². The lowest BCUT2D eigenvalue weighted by Gasteiger charge is -2.49. The fourth-order valence-electron chi connectivity index (χ4n) is 2.71. The molecule has 2 aliphatic rings. The topological polar surface area (TPSA) is 165 Å². The number of nitrogens with zero attached hydrogens (tertiary/aromatic N) is 5. The summed E-state index contributed by atoms with van der Waals surface area (Å²) in [5.41, 5.74) is 8.51. The fourth-order valence-corrected chi connectivity index (χ4v) is 4.72. The molecular weight excluding hydrogens is 420 g/mol. The third-order valence-corrected chi connectivity index (χ3v) is 6.31. The summed E-state index contributed by atoms with van der Waals surface area (Å²) in [4.78, 5) is 43.8. The molecule has 0 aromatic carbocycles. The van der Waals surface area contributed by atoms with Crippen LogP contribution in [0.3, 0.4) is 0 Å². The summed E-state index contributed by atoms with van der Waals surface area (Å²) in [6.07, 6.45) is 2.89. The van der Waals surface area contributed by atoms with E-state index < -0.39 is 40.0 Å². The second kappa shape index (κ2) is 8.78. The van der Waals surface area contributed by atoms with Crippen molar-refractivity contribution in [1.82, 2.24) is 15.2 Å². The summed E-state index contributed by atoms with van der Waals surface area (Å²) < 4.78 is 12.0. The fraction of sp³-hybridized carbons (Fsp3) is 0.250. The molecule has 0 spiro atoms. The molecule has 2 aliphatic heterocycles. The maximum Gasteiger partial charge on any atom is 0.352 e. The molecule has 1 saturated heterocycles. The molecule has 2 N–H and O–H groups in total. The average Bonchev–Trinajstić information content (AvgIpc) is 2.73. The van der Waals surface area contributed by atoms with Crippen LogP contribution in [0, 0.1) is 11.2 Å². The molecule has 1 aromatic heterocycles. The molecule has 2 unspecified atom stereocenters. The van der Waals surface area contributed by atoms with Crippen LogP contribution < -0.4 is 5.32 Å². The summed E-state index contributed by atoms with van der Waals surface area (Å²) in [7, 11) is -1.73. The number of nitrogens with one attached hydrogen (secondary N) is 1.